The van der Waals surface area contributed by atoms with E-state index in [9.17, 15) is 0 Å². The van der Waals surface area contributed by atoms with E-state index in [2.05, 4.69) is 16.4 Å². The average Bonchev–Trinajstić information content (AvgIpc) is 2.87. The van der Waals surface area contributed by atoms with Crippen molar-refractivity contribution >= 4 is 28.1 Å². The smallest absolute Gasteiger partial charge is 0.184 e. The Kier molecular flexibility index (Phi) is 2.46. The van der Waals surface area contributed by atoms with Crippen molar-refractivity contribution in [2.75, 3.05) is 11.9 Å². The van der Waals surface area contributed by atoms with E-state index in [1.807, 2.05) is 23.6 Å². The Morgan fingerprint density at radius 2 is 2.31 bits per heavy atom. The topological polar surface area (TPSA) is 34.1 Å². The lowest BCUT2D eigenvalue weighted by molar-refractivity contribution is 0.340. The third kappa shape index (κ3) is 1.74. The second-order valence-corrected chi connectivity index (χ2v) is 4.77. The highest BCUT2D eigenvalue weighted by Gasteiger charge is 2.23. The number of benzene rings is 1. The van der Waals surface area contributed by atoms with Gasteiger partial charge in [-0.2, -0.15) is 0 Å². The normalized spacial score (nSPS) is 17.9. The molecule has 2 heterocycles. The molecule has 16 heavy (non-hydrogen) atoms. The molecule has 3 rings (SSSR count). The maximum atomic E-state index is 5.77. The lowest BCUT2D eigenvalue weighted by Gasteiger charge is -2.09. The molecule has 0 fully saturated rings. The zero-order chi connectivity index (χ0) is 11.0. The van der Waals surface area contributed by atoms with Crippen LogP contribution in [0.4, 0.5) is 5.13 Å². The van der Waals surface area contributed by atoms with E-state index in [4.69, 9.17) is 16.3 Å². The first-order valence-corrected chi connectivity index (χ1v) is 6.18. The van der Waals surface area contributed by atoms with Gasteiger partial charge in [-0.15, -0.1) is 11.3 Å². The lowest BCUT2D eigenvalue weighted by atomic mass is 10.1. The van der Waals surface area contributed by atoms with Crippen molar-refractivity contribution in [2.45, 2.75) is 6.04 Å². The summed E-state index contributed by atoms with van der Waals surface area (Å²) in [6, 6.07) is 8.19. The molecule has 0 amide bonds. The Labute approximate surface area is 102 Å². The maximum Gasteiger partial charge on any atom is 0.184 e. The van der Waals surface area contributed by atoms with Crippen molar-refractivity contribution in [1.29, 1.82) is 0 Å². The van der Waals surface area contributed by atoms with E-state index < -0.39 is 0 Å². The number of fused-ring (bicyclic) bond motifs is 1. The maximum absolute atomic E-state index is 5.77. The summed E-state index contributed by atoms with van der Waals surface area (Å²) in [5, 5.41) is 6.48. The van der Waals surface area contributed by atoms with Crippen molar-refractivity contribution in [3.05, 3.63) is 40.4 Å². The van der Waals surface area contributed by atoms with Crippen LogP contribution in [0.5, 0.6) is 5.75 Å². The number of thiazole rings is 1. The molecule has 1 N–H and O–H groups in total. The monoisotopic (exact) mass is 252 g/mol. The van der Waals surface area contributed by atoms with Crippen LogP contribution in [0.2, 0.25) is 5.15 Å². The number of nitrogens with one attached hydrogen (secondary N) is 1. The molecule has 1 unspecified atom stereocenters. The first kappa shape index (κ1) is 9.93. The Morgan fingerprint density at radius 1 is 1.44 bits per heavy atom. The van der Waals surface area contributed by atoms with Crippen molar-refractivity contribution in [3.63, 3.8) is 0 Å². The van der Waals surface area contributed by atoms with Crippen molar-refractivity contribution in [2.24, 2.45) is 0 Å². The number of para-hydroxylation sites is 1. The number of hydrogen-bond acceptors (Lipinski definition) is 4. The molecule has 82 valence electrons. The molecule has 1 aromatic carbocycles. The average molecular weight is 253 g/mol. The van der Waals surface area contributed by atoms with Crippen LogP contribution in [0.3, 0.4) is 0 Å². The van der Waals surface area contributed by atoms with Gasteiger partial charge in [0.15, 0.2) is 5.13 Å². The molecule has 1 aromatic heterocycles. The molecule has 0 spiro atoms. The van der Waals surface area contributed by atoms with Gasteiger partial charge in [-0.05, 0) is 6.07 Å². The SMILES string of the molecule is Clc1csc(NC2COc3ccccc32)n1. The molecule has 0 bridgehead atoms. The van der Waals surface area contributed by atoms with E-state index in [1.165, 1.54) is 16.9 Å². The van der Waals surface area contributed by atoms with Crippen molar-refractivity contribution in [3.8, 4) is 5.75 Å². The molecule has 1 aliphatic rings. The Hall–Kier alpha value is -1.26. The van der Waals surface area contributed by atoms with Crippen LogP contribution in [0.15, 0.2) is 29.6 Å². The summed E-state index contributed by atoms with van der Waals surface area (Å²) in [7, 11) is 0. The first-order valence-electron chi connectivity index (χ1n) is 4.92. The molecular formula is C11H9ClN2OS. The molecule has 0 saturated carbocycles. The fourth-order valence-corrected chi connectivity index (χ4v) is 2.64. The lowest BCUT2D eigenvalue weighted by Crippen LogP contribution is -2.11. The third-order valence-electron chi connectivity index (χ3n) is 2.47. The van der Waals surface area contributed by atoms with Gasteiger partial charge in [0.2, 0.25) is 0 Å². The molecule has 1 aliphatic heterocycles. The van der Waals surface area contributed by atoms with Crippen LogP contribution in [0, 0.1) is 0 Å². The highest BCUT2D eigenvalue weighted by atomic mass is 35.5. The number of ether oxygens (including phenoxy) is 1. The van der Waals surface area contributed by atoms with Gasteiger partial charge in [0, 0.05) is 10.9 Å². The molecule has 0 aliphatic carbocycles. The van der Waals surface area contributed by atoms with Gasteiger partial charge in [0.1, 0.15) is 17.5 Å². The van der Waals surface area contributed by atoms with Gasteiger partial charge in [0.25, 0.3) is 0 Å². The molecule has 3 nitrogen and oxygen atoms in total. The Balaban J connectivity index is 1.83. The zero-order valence-electron chi connectivity index (χ0n) is 8.31. The minimum absolute atomic E-state index is 0.165. The van der Waals surface area contributed by atoms with Crippen LogP contribution in [-0.4, -0.2) is 11.6 Å². The number of anilines is 1. The summed E-state index contributed by atoms with van der Waals surface area (Å²) in [4.78, 5) is 4.16. The predicted octanol–water partition coefficient (Wildman–Crippen LogP) is 3.34. The van der Waals surface area contributed by atoms with Crippen LogP contribution in [0.25, 0.3) is 0 Å². The summed E-state index contributed by atoms with van der Waals surface area (Å²) in [6.07, 6.45) is 0. The molecule has 0 radical (unpaired) electrons. The molecule has 5 heteroatoms. The summed E-state index contributed by atoms with van der Waals surface area (Å²) in [5.41, 5.74) is 1.17. The van der Waals surface area contributed by atoms with Crippen LogP contribution < -0.4 is 10.1 Å². The summed E-state index contributed by atoms with van der Waals surface area (Å²) in [5.74, 6) is 0.947. The fraction of sp³-hybridized carbons (Fsp3) is 0.182. The van der Waals surface area contributed by atoms with E-state index >= 15 is 0 Å². The highest BCUT2D eigenvalue weighted by molar-refractivity contribution is 7.14. The van der Waals surface area contributed by atoms with E-state index in [1.54, 1.807) is 0 Å². The van der Waals surface area contributed by atoms with E-state index in [0.717, 1.165) is 10.9 Å². The van der Waals surface area contributed by atoms with Gasteiger partial charge in [-0.25, -0.2) is 4.98 Å². The first-order chi connectivity index (χ1) is 7.83. The van der Waals surface area contributed by atoms with E-state index in [-0.39, 0.29) is 6.04 Å². The third-order valence-corrected chi connectivity index (χ3v) is 3.57. The van der Waals surface area contributed by atoms with Crippen LogP contribution in [0.1, 0.15) is 11.6 Å². The predicted molar refractivity (Wildman–Crippen MR) is 65.4 cm³/mol. The minimum Gasteiger partial charge on any atom is -0.491 e. The van der Waals surface area contributed by atoms with Crippen molar-refractivity contribution in [1.82, 2.24) is 4.98 Å². The fourth-order valence-electron chi connectivity index (χ4n) is 1.75. The summed E-state index contributed by atoms with van der Waals surface area (Å²) in [6.45, 7) is 0.635. The standard InChI is InChI=1S/C11H9ClN2OS/c12-10-6-16-11(14-10)13-8-5-15-9-4-2-1-3-7(8)9/h1-4,6,8H,5H2,(H,13,14). The van der Waals surface area contributed by atoms with Gasteiger partial charge >= 0.3 is 0 Å². The molecule has 1 atom stereocenters. The number of halogens is 1. The number of aromatic nitrogens is 1. The van der Waals surface area contributed by atoms with Crippen LogP contribution >= 0.6 is 22.9 Å². The van der Waals surface area contributed by atoms with Gasteiger partial charge in [-0.3, -0.25) is 0 Å². The Morgan fingerprint density at radius 3 is 3.12 bits per heavy atom. The van der Waals surface area contributed by atoms with Gasteiger partial charge in [-0.1, -0.05) is 29.8 Å². The number of rotatable bonds is 2. The molecule has 2 aromatic rings. The minimum atomic E-state index is 0.165. The second kappa shape index (κ2) is 3.96. The number of nitrogens with zero attached hydrogens (tertiary/aromatic N) is 1. The van der Waals surface area contributed by atoms with E-state index in [0.29, 0.717) is 11.8 Å². The summed E-state index contributed by atoms with van der Waals surface area (Å²) < 4.78 is 5.57. The van der Waals surface area contributed by atoms with Crippen molar-refractivity contribution < 1.29 is 4.74 Å². The largest absolute Gasteiger partial charge is 0.491 e. The van der Waals surface area contributed by atoms with Gasteiger partial charge < -0.3 is 10.1 Å². The zero-order valence-corrected chi connectivity index (χ0v) is 9.89. The molecular weight excluding hydrogens is 244 g/mol. The Bertz CT molecular complexity index is 514. The van der Waals surface area contributed by atoms with Crippen LogP contribution in [-0.2, 0) is 0 Å². The summed E-state index contributed by atoms with van der Waals surface area (Å²) >= 11 is 7.28. The highest BCUT2D eigenvalue weighted by Crippen LogP contribution is 2.34. The quantitative estimate of drug-likeness (QED) is 0.890. The van der Waals surface area contributed by atoms with Gasteiger partial charge in [0.05, 0.1) is 6.04 Å². The second-order valence-electron chi connectivity index (χ2n) is 3.52. The number of hydrogen-bond donors (Lipinski definition) is 1. The molecule has 0 saturated heterocycles.